The zero-order chi connectivity index (χ0) is 16.0. The van der Waals surface area contributed by atoms with Gasteiger partial charge in [0.15, 0.2) is 0 Å². The Morgan fingerprint density at radius 2 is 1.81 bits per heavy atom. The first-order chi connectivity index (χ1) is 9.95. The van der Waals surface area contributed by atoms with Crippen molar-refractivity contribution in [3.8, 4) is 0 Å². The Morgan fingerprint density at radius 3 is 2.43 bits per heavy atom. The van der Waals surface area contributed by atoms with E-state index in [0.29, 0.717) is 17.1 Å². The standard InChI is InChI=1S/C18H32O.C2H6/c1-13(2)7-5-8-14(3)15-10-11-16-17(19)9-6-12-18(15,16)4;1-2/h13-16H,5-12H2,1-4H3;1-2H3/t14-,15?,16+,18?;/m1./s1. The summed E-state index contributed by atoms with van der Waals surface area (Å²) in [6.07, 6.45) is 9.85. The smallest absolute Gasteiger partial charge is 0.136 e. The maximum absolute atomic E-state index is 12.2. The molecule has 0 saturated heterocycles. The number of rotatable bonds is 5. The Morgan fingerprint density at radius 1 is 1.14 bits per heavy atom. The van der Waals surface area contributed by atoms with E-state index in [4.69, 9.17) is 0 Å². The molecule has 0 N–H and O–H groups in total. The highest BCUT2D eigenvalue weighted by molar-refractivity contribution is 5.83. The molecule has 0 amide bonds. The fraction of sp³-hybridized carbons (Fsp3) is 0.950. The summed E-state index contributed by atoms with van der Waals surface area (Å²) < 4.78 is 0. The van der Waals surface area contributed by atoms with E-state index in [1.165, 1.54) is 38.5 Å². The summed E-state index contributed by atoms with van der Waals surface area (Å²) in [4.78, 5) is 12.2. The van der Waals surface area contributed by atoms with Gasteiger partial charge in [-0.25, -0.2) is 0 Å². The molecule has 2 unspecified atom stereocenters. The van der Waals surface area contributed by atoms with Crippen LogP contribution in [0, 0.1) is 29.1 Å². The summed E-state index contributed by atoms with van der Waals surface area (Å²) >= 11 is 0. The van der Waals surface area contributed by atoms with E-state index >= 15 is 0 Å². The van der Waals surface area contributed by atoms with Crippen LogP contribution in [0.4, 0.5) is 0 Å². The summed E-state index contributed by atoms with van der Waals surface area (Å²) in [5, 5.41) is 0. The van der Waals surface area contributed by atoms with Crippen molar-refractivity contribution < 1.29 is 4.79 Å². The molecular weight excluding hydrogens is 256 g/mol. The molecule has 0 aliphatic heterocycles. The van der Waals surface area contributed by atoms with Gasteiger partial charge in [-0.3, -0.25) is 4.79 Å². The molecule has 2 aliphatic rings. The quantitative estimate of drug-likeness (QED) is 0.584. The van der Waals surface area contributed by atoms with Crippen molar-refractivity contribution in [1.29, 1.82) is 0 Å². The molecule has 1 heteroatoms. The summed E-state index contributed by atoms with van der Waals surface area (Å²) in [6.45, 7) is 13.5. The molecule has 4 atom stereocenters. The largest absolute Gasteiger partial charge is 0.299 e. The van der Waals surface area contributed by atoms with Crippen LogP contribution in [0.5, 0.6) is 0 Å². The number of hydrogen-bond donors (Lipinski definition) is 0. The van der Waals surface area contributed by atoms with Crippen LogP contribution in [0.25, 0.3) is 0 Å². The summed E-state index contributed by atoms with van der Waals surface area (Å²) in [6, 6.07) is 0. The van der Waals surface area contributed by atoms with Gasteiger partial charge in [0.2, 0.25) is 0 Å². The highest BCUT2D eigenvalue weighted by Crippen LogP contribution is 2.57. The van der Waals surface area contributed by atoms with Gasteiger partial charge in [-0.2, -0.15) is 0 Å². The van der Waals surface area contributed by atoms with Crippen molar-refractivity contribution in [1.82, 2.24) is 0 Å². The molecule has 124 valence electrons. The van der Waals surface area contributed by atoms with Gasteiger partial charge >= 0.3 is 0 Å². The second-order valence-electron chi connectivity index (χ2n) is 7.86. The minimum absolute atomic E-state index is 0.340. The summed E-state index contributed by atoms with van der Waals surface area (Å²) in [5.74, 6) is 3.41. The van der Waals surface area contributed by atoms with E-state index in [9.17, 15) is 4.79 Å². The van der Waals surface area contributed by atoms with Crippen LogP contribution in [0.1, 0.15) is 92.9 Å². The molecule has 21 heavy (non-hydrogen) atoms. The van der Waals surface area contributed by atoms with E-state index in [1.807, 2.05) is 13.8 Å². The Hall–Kier alpha value is -0.330. The molecule has 2 fully saturated rings. The van der Waals surface area contributed by atoms with Crippen molar-refractivity contribution in [2.75, 3.05) is 0 Å². The first kappa shape index (κ1) is 18.7. The molecule has 2 saturated carbocycles. The highest BCUT2D eigenvalue weighted by Gasteiger charge is 2.52. The van der Waals surface area contributed by atoms with E-state index in [2.05, 4.69) is 27.7 Å². The number of ketones is 1. The van der Waals surface area contributed by atoms with Crippen molar-refractivity contribution in [3.63, 3.8) is 0 Å². The number of carbonyl (C=O) groups excluding carboxylic acids is 1. The van der Waals surface area contributed by atoms with Gasteiger partial charge in [0.25, 0.3) is 0 Å². The van der Waals surface area contributed by atoms with Gasteiger partial charge in [0.05, 0.1) is 0 Å². The van der Waals surface area contributed by atoms with Crippen LogP contribution < -0.4 is 0 Å². The molecule has 0 aromatic carbocycles. The van der Waals surface area contributed by atoms with E-state index in [1.54, 1.807) is 0 Å². The third kappa shape index (κ3) is 4.33. The zero-order valence-electron chi connectivity index (χ0n) is 15.4. The van der Waals surface area contributed by atoms with Gasteiger partial charge in [0, 0.05) is 12.3 Å². The van der Waals surface area contributed by atoms with E-state index < -0.39 is 0 Å². The number of Topliss-reactive ketones (excluding diaryl/α,β-unsaturated/α-hetero) is 1. The molecule has 0 aromatic rings. The minimum atomic E-state index is 0.340. The molecule has 2 aliphatic carbocycles. The Labute approximate surface area is 133 Å². The Balaban J connectivity index is 0.00000106. The fourth-order valence-corrected chi connectivity index (χ4v) is 4.95. The van der Waals surface area contributed by atoms with Crippen LogP contribution >= 0.6 is 0 Å². The fourth-order valence-electron chi connectivity index (χ4n) is 4.95. The SMILES string of the molecule is CC.CC(C)CCC[C@@H](C)C1CC[C@H]2C(=O)CCCC12C. The number of fused-ring (bicyclic) bond motifs is 1. The average molecular weight is 295 g/mol. The van der Waals surface area contributed by atoms with Crippen LogP contribution in [0.3, 0.4) is 0 Å². The average Bonchev–Trinajstić information content (AvgIpc) is 2.79. The van der Waals surface area contributed by atoms with Crippen molar-refractivity contribution in [3.05, 3.63) is 0 Å². The maximum Gasteiger partial charge on any atom is 0.136 e. The van der Waals surface area contributed by atoms with Gasteiger partial charge < -0.3 is 0 Å². The van der Waals surface area contributed by atoms with Crippen LogP contribution in [-0.4, -0.2) is 5.78 Å². The second-order valence-corrected chi connectivity index (χ2v) is 7.86. The van der Waals surface area contributed by atoms with Crippen LogP contribution in [0.15, 0.2) is 0 Å². The van der Waals surface area contributed by atoms with Gasteiger partial charge in [-0.15, -0.1) is 0 Å². The van der Waals surface area contributed by atoms with E-state index in [0.717, 1.165) is 30.6 Å². The summed E-state index contributed by atoms with van der Waals surface area (Å²) in [7, 11) is 0. The third-order valence-corrected chi connectivity index (χ3v) is 6.06. The van der Waals surface area contributed by atoms with Gasteiger partial charge in [-0.1, -0.05) is 60.8 Å². The lowest BCUT2D eigenvalue weighted by Gasteiger charge is -2.42. The molecule has 0 spiro atoms. The molecule has 2 rings (SSSR count). The lowest BCUT2D eigenvalue weighted by molar-refractivity contribution is -0.130. The number of carbonyl (C=O) groups is 1. The topological polar surface area (TPSA) is 17.1 Å². The van der Waals surface area contributed by atoms with E-state index in [-0.39, 0.29) is 0 Å². The lowest BCUT2D eigenvalue weighted by Crippen LogP contribution is -2.39. The first-order valence-electron chi connectivity index (χ1n) is 9.48. The Bertz CT molecular complexity index is 320. The molecule has 0 radical (unpaired) electrons. The summed E-state index contributed by atoms with van der Waals surface area (Å²) in [5.41, 5.74) is 0.340. The monoisotopic (exact) mass is 294 g/mol. The normalized spacial score (nSPS) is 33.4. The lowest BCUT2D eigenvalue weighted by atomic mass is 9.62. The predicted molar refractivity (Wildman–Crippen MR) is 92.4 cm³/mol. The van der Waals surface area contributed by atoms with Crippen LogP contribution in [-0.2, 0) is 4.79 Å². The predicted octanol–water partition coefficient (Wildman–Crippen LogP) is 6.26. The minimum Gasteiger partial charge on any atom is -0.299 e. The van der Waals surface area contributed by atoms with Crippen molar-refractivity contribution in [2.45, 2.75) is 92.9 Å². The van der Waals surface area contributed by atoms with Crippen LogP contribution in [0.2, 0.25) is 0 Å². The Kier molecular flexibility index (Phi) is 7.44. The first-order valence-corrected chi connectivity index (χ1v) is 9.48. The highest BCUT2D eigenvalue weighted by atomic mass is 16.1. The van der Waals surface area contributed by atoms with Crippen molar-refractivity contribution in [2.24, 2.45) is 29.1 Å². The second kappa shape index (κ2) is 8.34. The van der Waals surface area contributed by atoms with Gasteiger partial charge in [-0.05, 0) is 48.9 Å². The molecule has 1 nitrogen and oxygen atoms in total. The van der Waals surface area contributed by atoms with Gasteiger partial charge in [0.1, 0.15) is 5.78 Å². The number of hydrogen-bond acceptors (Lipinski definition) is 1. The zero-order valence-corrected chi connectivity index (χ0v) is 15.4. The third-order valence-electron chi connectivity index (χ3n) is 6.06. The molecule has 0 bridgehead atoms. The maximum atomic E-state index is 12.2. The molecule has 0 heterocycles. The van der Waals surface area contributed by atoms with Crippen molar-refractivity contribution >= 4 is 5.78 Å². The molecular formula is C20H38O. The molecule has 0 aromatic heterocycles.